The Morgan fingerprint density at radius 3 is 2.71 bits per heavy atom. The minimum absolute atomic E-state index is 0.00404. The molecular formula is C21H22ClN3O2S. The van der Waals surface area contributed by atoms with E-state index in [4.69, 9.17) is 11.6 Å². The number of hydrogen-bond donors (Lipinski definition) is 1. The van der Waals surface area contributed by atoms with Crippen molar-refractivity contribution in [2.45, 2.75) is 19.4 Å². The van der Waals surface area contributed by atoms with Crippen LogP contribution >= 0.6 is 22.9 Å². The van der Waals surface area contributed by atoms with Gasteiger partial charge in [-0.05, 0) is 55.8 Å². The van der Waals surface area contributed by atoms with Gasteiger partial charge in [-0.1, -0.05) is 41.1 Å². The molecule has 7 heteroatoms. The first kappa shape index (κ1) is 19.2. The van der Waals surface area contributed by atoms with Crippen LogP contribution in [0.4, 0.5) is 5.69 Å². The summed E-state index contributed by atoms with van der Waals surface area (Å²) in [6.07, 6.45) is 1.66. The Morgan fingerprint density at radius 2 is 1.96 bits per heavy atom. The van der Waals surface area contributed by atoms with E-state index in [0.717, 1.165) is 59.0 Å². The number of piperidine rings is 1. The van der Waals surface area contributed by atoms with Crippen molar-refractivity contribution >= 4 is 44.7 Å². The Bertz CT molecular complexity index is 1070. The average molecular weight is 416 g/mol. The summed E-state index contributed by atoms with van der Waals surface area (Å²) in [5, 5.41) is 3.82. The summed E-state index contributed by atoms with van der Waals surface area (Å²) in [6.45, 7) is 2.57. The van der Waals surface area contributed by atoms with Crippen molar-refractivity contribution in [2.75, 3.05) is 18.4 Å². The number of fused-ring (bicyclic) bond motifs is 1. The van der Waals surface area contributed by atoms with Gasteiger partial charge in [-0.25, -0.2) is 0 Å². The van der Waals surface area contributed by atoms with Crippen LogP contribution in [0.25, 0.3) is 10.2 Å². The summed E-state index contributed by atoms with van der Waals surface area (Å²) in [7, 11) is 1.76. The second-order valence-electron chi connectivity index (χ2n) is 7.24. The number of benzene rings is 2. The van der Waals surface area contributed by atoms with Crippen molar-refractivity contribution < 1.29 is 4.79 Å². The van der Waals surface area contributed by atoms with E-state index >= 15 is 0 Å². The zero-order valence-corrected chi connectivity index (χ0v) is 17.2. The molecule has 3 aromatic rings. The first-order chi connectivity index (χ1) is 13.5. The highest BCUT2D eigenvalue weighted by molar-refractivity contribution is 7.16. The fraction of sp³-hybridized carbons (Fsp3) is 0.333. The zero-order valence-electron chi connectivity index (χ0n) is 15.7. The van der Waals surface area contributed by atoms with Gasteiger partial charge in [0.15, 0.2) is 0 Å². The zero-order chi connectivity index (χ0) is 19.7. The van der Waals surface area contributed by atoms with Crippen LogP contribution in [-0.4, -0.2) is 28.5 Å². The molecule has 146 valence electrons. The Morgan fingerprint density at radius 1 is 1.21 bits per heavy atom. The first-order valence-corrected chi connectivity index (χ1v) is 10.6. The third-order valence-electron chi connectivity index (χ3n) is 5.37. The number of nitrogens with zero attached hydrogens (tertiary/aromatic N) is 2. The maximum absolute atomic E-state index is 12.7. The van der Waals surface area contributed by atoms with E-state index in [-0.39, 0.29) is 16.7 Å². The molecule has 2 aromatic carbocycles. The van der Waals surface area contributed by atoms with Gasteiger partial charge in [-0.2, -0.15) is 0 Å². The molecule has 0 saturated carbocycles. The van der Waals surface area contributed by atoms with Gasteiger partial charge in [0.1, 0.15) is 0 Å². The van der Waals surface area contributed by atoms with E-state index in [1.807, 2.05) is 36.4 Å². The number of aryl methyl sites for hydroxylation is 1. The molecule has 1 N–H and O–H groups in total. The minimum atomic E-state index is 0.00404. The molecule has 2 heterocycles. The lowest BCUT2D eigenvalue weighted by molar-refractivity contribution is -0.121. The molecule has 0 unspecified atom stereocenters. The molecule has 4 rings (SSSR count). The van der Waals surface area contributed by atoms with Crippen LogP contribution in [0, 0.1) is 5.92 Å². The van der Waals surface area contributed by atoms with Gasteiger partial charge in [0, 0.05) is 30.2 Å². The fourth-order valence-corrected chi connectivity index (χ4v) is 4.79. The molecule has 0 bridgehead atoms. The number of hydrogen-bond acceptors (Lipinski definition) is 4. The van der Waals surface area contributed by atoms with E-state index in [9.17, 15) is 9.59 Å². The first-order valence-electron chi connectivity index (χ1n) is 9.37. The number of anilines is 1. The Balaban J connectivity index is 1.35. The molecule has 0 atom stereocenters. The molecule has 1 amide bonds. The topological polar surface area (TPSA) is 54.3 Å². The van der Waals surface area contributed by atoms with Crippen LogP contribution in [0.5, 0.6) is 0 Å². The lowest BCUT2D eigenvalue weighted by Crippen LogP contribution is -2.37. The Hall–Kier alpha value is -2.15. The molecule has 0 aliphatic carbocycles. The number of thiazole rings is 1. The number of likely N-dealkylation sites (tertiary alicyclic amines) is 1. The highest BCUT2D eigenvalue weighted by Crippen LogP contribution is 2.25. The second kappa shape index (κ2) is 8.07. The van der Waals surface area contributed by atoms with Crippen molar-refractivity contribution in [3.05, 3.63) is 62.7 Å². The number of rotatable bonds is 4. The summed E-state index contributed by atoms with van der Waals surface area (Å²) in [6, 6.07) is 13.5. The molecule has 1 aromatic heterocycles. The normalized spacial score (nSPS) is 15.8. The maximum atomic E-state index is 12.7. The molecule has 28 heavy (non-hydrogen) atoms. The molecule has 1 saturated heterocycles. The second-order valence-corrected chi connectivity index (χ2v) is 8.64. The summed E-state index contributed by atoms with van der Waals surface area (Å²) >= 11 is 7.45. The molecule has 1 aliphatic heterocycles. The van der Waals surface area contributed by atoms with E-state index < -0.39 is 0 Å². The van der Waals surface area contributed by atoms with Crippen LogP contribution in [0.1, 0.15) is 18.4 Å². The Kier molecular flexibility index (Phi) is 5.53. The SMILES string of the molecule is Cn1c(=O)sc2cc(NC(=O)C3CCN(Cc4ccccc4Cl)CC3)ccc21. The van der Waals surface area contributed by atoms with Gasteiger partial charge in [-0.15, -0.1) is 0 Å². The molecule has 0 spiro atoms. The summed E-state index contributed by atoms with van der Waals surface area (Å²) < 4.78 is 2.51. The largest absolute Gasteiger partial charge is 0.326 e. The van der Waals surface area contributed by atoms with Gasteiger partial charge >= 0.3 is 4.87 Å². The van der Waals surface area contributed by atoms with Crippen molar-refractivity contribution in [1.29, 1.82) is 0 Å². The van der Waals surface area contributed by atoms with E-state index in [1.165, 1.54) is 11.3 Å². The predicted molar refractivity (Wildman–Crippen MR) is 115 cm³/mol. The number of halogens is 1. The highest BCUT2D eigenvalue weighted by atomic mass is 35.5. The smallest absolute Gasteiger partial charge is 0.307 e. The van der Waals surface area contributed by atoms with Crippen molar-refractivity contribution in [3.63, 3.8) is 0 Å². The minimum Gasteiger partial charge on any atom is -0.326 e. The monoisotopic (exact) mass is 415 g/mol. The highest BCUT2D eigenvalue weighted by Gasteiger charge is 2.25. The van der Waals surface area contributed by atoms with Crippen LogP contribution < -0.4 is 10.2 Å². The van der Waals surface area contributed by atoms with Gasteiger partial charge in [0.05, 0.1) is 10.2 Å². The Labute approximate surface area is 172 Å². The van der Waals surface area contributed by atoms with Crippen LogP contribution in [0.2, 0.25) is 5.02 Å². The third-order valence-corrected chi connectivity index (χ3v) is 6.73. The van der Waals surface area contributed by atoms with Crippen molar-refractivity contribution in [2.24, 2.45) is 13.0 Å². The summed E-state index contributed by atoms with van der Waals surface area (Å²) in [5.41, 5.74) is 2.76. The van der Waals surface area contributed by atoms with Gasteiger partial charge < -0.3 is 9.88 Å². The average Bonchev–Trinajstić information content (AvgIpc) is 2.97. The van der Waals surface area contributed by atoms with Crippen molar-refractivity contribution in [1.82, 2.24) is 9.47 Å². The molecular weight excluding hydrogens is 394 g/mol. The van der Waals surface area contributed by atoms with Gasteiger partial charge in [-0.3, -0.25) is 14.5 Å². The number of aromatic nitrogens is 1. The van der Waals surface area contributed by atoms with E-state index in [2.05, 4.69) is 16.3 Å². The van der Waals surface area contributed by atoms with Crippen LogP contribution in [-0.2, 0) is 18.4 Å². The lowest BCUT2D eigenvalue weighted by Gasteiger charge is -2.31. The van der Waals surface area contributed by atoms with E-state index in [1.54, 1.807) is 11.6 Å². The maximum Gasteiger partial charge on any atom is 0.307 e. The number of amides is 1. The van der Waals surface area contributed by atoms with Crippen molar-refractivity contribution in [3.8, 4) is 0 Å². The van der Waals surface area contributed by atoms with E-state index in [0.29, 0.717) is 0 Å². The summed E-state index contributed by atoms with van der Waals surface area (Å²) in [4.78, 5) is 26.8. The number of carbonyl (C=O) groups excluding carboxylic acids is 1. The lowest BCUT2D eigenvalue weighted by atomic mass is 9.95. The van der Waals surface area contributed by atoms with Crippen LogP contribution in [0.3, 0.4) is 0 Å². The third kappa shape index (κ3) is 3.99. The number of carbonyl (C=O) groups is 1. The molecule has 0 radical (unpaired) electrons. The molecule has 5 nitrogen and oxygen atoms in total. The standard InChI is InChI=1S/C21H22ClN3O2S/c1-24-18-7-6-16(12-19(18)28-21(24)27)23-20(26)14-8-10-25(11-9-14)13-15-4-2-3-5-17(15)22/h2-7,12,14H,8-11,13H2,1H3,(H,23,26). The quantitative estimate of drug-likeness (QED) is 0.697. The van der Waals surface area contributed by atoms with Crippen LogP contribution in [0.15, 0.2) is 47.3 Å². The fourth-order valence-electron chi connectivity index (χ4n) is 3.68. The molecule has 1 fully saturated rings. The van der Waals surface area contributed by atoms with Gasteiger partial charge in [0.2, 0.25) is 5.91 Å². The molecule has 1 aliphatic rings. The summed E-state index contributed by atoms with van der Waals surface area (Å²) in [5.74, 6) is 0.0627. The van der Waals surface area contributed by atoms with Gasteiger partial charge in [0.25, 0.3) is 0 Å². The predicted octanol–water partition coefficient (Wildman–Crippen LogP) is 4.10. The number of nitrogens with one attached hydrogen (secondary N) is 1.